The fourth-order valence-electron chi connectivity index (χ4n) is 1.44. The molecular weight excluding hydrogens is 234 g/mol. The summed E-state index contributed by atoms with van der Waals surface area (Å²) in [6.45, 7) is 3.56. The molecule has 18 heavy (non-hydrogen) atoms. The molecule has 5 heteroatoms. The third-order valence-corrected chi connectivity index (χ3v) is 2.35. The number of hydrogen-bond acceptors (Lipinski definition) is 3. The Hall–Kier alpha value is -2.30. The number of anilines is 1. The van der Waals surface area contributed by atoms with Gasteiger partial charge in [-0.15, -0.1) is 0 Å². The largest absolute Gasteiger partial charge is 0.508 e. The molecule has 1 rings (SSSR count). The summed E-state index contributed by atoms with van der Waals surface area (Å²) >= 11 is 0. The van der Waals surface area contributed by atoms with Gasteiger partial charge in [0.1, 0.15) is 5.75 Å². The van der Waals surface area contributed by atoms with Gasteiger partial charge in [-0.05, 0) is 31.5 Å². The fourth-order valence-corrected chi connectivity index (χ4v) is 1.44. The molecule has 1 aromatic rings. The number of carboxylic acid groups (broad SMARTS) is 1. The smallest absolute Gasteiger partial charge is 0.337 e. The number of benzene rings is 1. The van der Waals surface area contributed by atoms with Gasteiger partial charge in [-0.25, -0.2) is 4.79 Å². The number of carbonyl (C=O) groups is 2. The highest BCUT2D eigenvalue weighted by atomic mass is 16.4. The summed E-state index contributed by atoms with van der Waals surface area (Å²) in [5, 5.41) is 20.7. The number of aromatic carboxylic acids is 1. The van der Waals surface area contributed by atoms with E-state index in [-0.39, 0.29) is 22.9 Å². The third kappa shape index (κ3) is 3.35. The Morgan fingerprint density at radius 3 is 2.61 bits per heavy atom. The fraction of sp³-hybridized carbons (Fsp3) is 0.231. The first-order valence-corrected chi connectivity index (χ1v) is 5.50. The van der Waals surface area contributed by atoms with E-state index in [1.165, 1.54) is 12.1 Å². The second kappa shape index (κ2) is 5.86. The Morgan fingerprint density at radius 2 is 2.06 bits per heavy atom. The predicted molar refractivity (Wildman–Crippen MR) is 67.7 cm³/mol. The SMILES string of the molecule is CCC=C(C)C(=O)Nc1ccc(O)cc1C(=O)O. The number of carbonyl (C=O) groups excluding carboxylic acids is 1. The van der Waals surface area contributed by atoms with Gasteiger partial charge in [0.15, 0.2) is 0 Å². The second-order valence-corrected chi connectivity index (χ2v) is 3.78. The van der Waals surface area contributed by atoms with E-state index in [0.717, 1.165) is 12.5 Å². The van der Waals surface area contributed by atoms with E-state index >= 15 is 0 Å². The van der Waals surface area contributed by atoms with Crippen molar-refractivity contribution in [2.45, 2.75) is 20.3 Å². The minimum Gasteiger partial charge on any atom is -0.508 e. The number of amides is 1. The molecule has 1 aromatic carbocycles. The molecule has 96 valence electrons. The topological polar surface area (TPSA) is 86.6 Å². The maximum atomic E-state index is 11.7. The van der Waals surface area contributed by atoms with Gasteiger partial charge in [0.2, 0.25) is 0 Å². The first-order valence-electron chi connectivity index (χ1n) is 5.50. The van der Waals surface area contributed by atoms with Crippen LogP contribution in [-0.4, -0.2) is 22.1 Å². The predicted octanol–water partition coefficient (Wildman–Crippen LogP) is 2.39. The lowest BCUT2D eigenvalue weighted by atomic mass is 10.1. The minimum atomic E-state index is -1.21. The van der Waals surface area contributed by atoms with E-state index in [9.17, 15) is 14.7 Å². The molecule has 0 saturated carbocycles. The highest BCUT2D eigenvalue weighted by Gasteiger charge is 2.13. The van der Waals surface area contributed by atoms with Crippen LogP contribution < -0.4 is 5.32 Å². The summed E-state index contributed by atoms with van der Waals surface area (Å²) in [7, 11) is 0. The van der Waals surface area contributed by atoms with Gasteiger partial charge in [-0.2, -0.15) is 0 Å². The van der Waals surface area contributed by atoms with Gasteiger partial charge >= 0.3 is 5.97 Å². The van der Waals surface area contributed by atoms with Gasteiger partial charge in [0.05, 0.1) is 11.3 Å². The van der Waals surface area contributed by atoms with Crippen LogP contribution in [0.3, 0.4) is 0 Å². The van der Waals surface area contributed by atoms with E-state index in [1.54, 1.807) is 13.0 Å². The first kappa shape index (κ1) is 13.8. The Kier molecular flexibility index (Phi) is 4.48. The standard InChI is InChI=1S/C13H15NO4/c1-3-4-8(2)12(16)14-11-6-5-9(15)7-10(11)13(17)18/h4-7,15H,3H2,1-2H3,(H,14,16)(H,17,18). The van der Waals surface area contributed by atoms with Crippen LogP contribution in [0.1, 0.15) is 30.6 Å². The summed E-state index contributed by atoms with van der Waals surface area (Å²) in [5.41, 5.74) is 0.531. The number of aromatic hydroxyl groups is 1. The van der Waals surface area contributed by atoms with E-state index in [2.05, 4.69) is 5.32 Å². The molecule has 3 N–H and O–H groups in total. The van der Waals surface area contributed by atoms with Crippen LogP contribution >= 0.6 is 0 Å². The van der Waals surface area contributed by atoms with Crippen LogP contribution in [0.5, 0.6) is 5.75 Å². The lowest BCUT2D eigenvalue weighted by Crippen LogP contribution is -2.15. The van der Waals surface area contributed by atoms with E-state index in [4.69, 9.17) is 5.11 Å². The number of phenolic OH excluding ortho intramolecular Hbond substituents is 1. The maximum absolute atomic E-state index is 11.7. The summed E-state index contributed by atoms with van der Waals surface area (Å²) in [4.78, 5) is 22.7. The molecule has 5 nitrogen and oxygen atoms in total. The zero-order valence-electron chi connectivity index (χ0n) is 10.2. The lowest BCUT2D eigenvalue weighted by Gasteiger charge is -2.09. The average Bonchev–Trinajstić information content (AvgIpc) is 2.31. The molecule has 0 heterocycles. The average molecular weight is 249 g/mol. The Bertz CT molecular complexity index is 506. The molecule has 0 fully saturated rings. The van der Waals surface area contributed by atoms with Crippen molar-refractivity contribution in [3.8, 4) is 5.75 Å². The van der Waals surface area contributed by atoms with Crippen LogP contribution in [0.4, 0.5) is 5.69 Å². The van der Waals surface area contributed by atoms with Crippen LogP contribution in [0.2, 0.25) is 0 Å². The summed E-state index contributed by atoms with van der Waals surface area (Å²) < 4.78 is 0. The van der Waals surface area contributed by atoms with Gasteiger partial charge in [-0.1, -0.05) is 13.0 Å². The number of rotatable bonds is 4. The minimum absolute atomic E-state index is 0.146. The first-order chi connectivity index (χ1) is 8.45. The monoisotopic (exact) mass is 249 g/mol. The third-order valence-electron chi connectivity index (χ3n) is 2.35. The van der Waals surface area contributed by atoms with Crippen LogP contribution in [0, 0.1) is 0 Å². The van der Waals surface area contributed by atoms with E-state index in [0.29, 0.717) is 5.57 Å². The van der Waals surface area contributed by atoms with Crippen molar-refractivity contribution < 1.29 is 19.8 Å². The van der Waals surface area contributed by atoms with Crippen molar-refractivity contribution in [2.75, 3.05) is 5.32 Å². The molecule has 0 radical (unpaired) electrons. The van der Waals surface area contributed by atoms with Crippen molar-refractivity contribution in [3.63, 3.8) is 0 Å². The van der Waals surface area contributed by atoms with Crippen LogP contribution in [-0.2, 0) is 4.79 Å². The second-order valence-electron chi connectivity index (χ2n) is 3.78. The summed E-state index contributed by atoms with van der Waals surface area (Å²) in [5.74, 6) is -1.73. The highest BCUT2D eigenvalue weighted by Crippen LogP contribution is 2.21. The van der Waals surface area contributed by atoms with Gasteiger partial charge in [-0.3, -0.25) is 4.79 Å². The van der Waals surface area contributed by atoms with Crippen molar-refractivity contribution in [1.82, 2.24) is 0 Å². The van der Waals surface area contributed by atoms with Gasteiger partial charge in [0.25, 0.3) is 5.91 Å². The Morgan fingerprint density at radius 1 is 1.39 bits per heavy atom. The molecule has 0 atom stereocenters. The highest BCUT2D eigenvalue weighted by molar-refractivity contribution is 6.07. The number of hydrogen-bond donors (Lipinski definition) is 3. The van der Waals surface area contributed by atoms with Gasteiger partial charge in [0, 0.05) is 5.57 Å². The number of phenols is 1. The van der Waals surface area contributed by atoms with Crippen LogP contribution in [0.15, 0.2) is 29.8 Å². The quantitative estimate of drug-likeness (QED) is 0.564. The molecule has 0 aliphatic carbocycles. The zero-order valence-corrected chi connectivity index (χ0v) is 10.2. The molecule has 0 aliphatic rings. The molecule has 0 unspecified atom stereocenters. The zero-order chi connectivity index (χ0) is 13.7. The molecule has 0 bridgehead atoms. The lowest BCUT2D eigenvalue weighted by molar-refractivity contribution is -0.112. The van der Waals surface area contributed by atoms with Crippen molar-refractivity contribution >= 4 is 17.6 Å². The summed E-state index contributed by atoms with van der Waals surface area (Å²) in [6.07, 6.45) is 2.47. The molecule has 0 aliphatic heterocycles. The molecule has 0 saturated heterocycles. The molecule has 1 amide bonds. The van der Waals surface area contributed by atoms with Crippen molar-refractivity contribution in [2.24, 2.45) is 0 Å². The van der Waals surface area contributed by atoms with E-state index in [1.807, 2.05) is 6.92 Å². The Balaban J connectivity index is 3.01. The van der Waals surface area contributed by atoms with Crippen molar-refractivity contribution in [1.29, 1.82) is 0 Å². The molecule has 0 aromatic heterocycles. The molecule has 0 spiro atoms. The summed E-state index contributed by atoms with van der Waals surface area (Å²) in [6, 6.07) is 3.77. The van der Waals surface area contributed by atoms with E-state index < -0.39 is 5.97 Å². The van der Waals surface area contributed by atoms with Crippen molar-refractivity contribution in [3.05, 3.63) is 35.4 Å². The number of nitrogens with one attached hydrogen (secondary N) is 1. The number of carboxylic acids is 1. The van der Waals surface area contributed by atoms with Crippen LogP contribution in [0.25, 0.3) is 0 Å². The Labute approximate surface area is 105 Å². The number of allylic oxidation sites excluding steroid dienone is 1. The molecular formula is C13H15NO4. The van der Waals surface area contributed by atoms with Gasteiger partial charge < -0.3 is 15.5 Å². The normalized spacial score (nSPS) is 11.1. The maximum Gasteiger partial charge on any atom is 0.337 e.